The molecule has 8 nitrogen and oxygen atoms in total. The summed E-state index contributed by atoms with van der Waals surface area (Å²) < 4.78 is 2.11. The molecule has 1 aromatic heterocycles. The van der Waals surface area contributed by atoms with E-state index in [9.17, 15) is 4.79 Å². The van der Waals surface area contributed by atoms with E-state index in [4.69, 9.17) is 27.3 Å². The molecule has 0 atom stereocenters. The van der Waals surface area contributed by atoms with Gasteiger partial charge in [-0.25, -0.2) is 4.98 Å². The van der Waals surface area contributed by atoms with E-state index in [1.807, 2.05) is 103 Å². The van der Waals surface area contributed by atoms with Crippen molar-refractivity contribution in [3.05, 3.63) is 131 Å². The Morgan fingerprint density at radius 3 is 2.11 bits per heavy atom. The van der Waals surface area contributed by atoms with Crippen LogP contribution in [0.15, 0.2) is 97.1 Å². The summed E-state index contributed by atoms with van der Waals surface area (Å²) in [5.41, 5.74) is 18.4. The number of amides is 1. The normalized spacial score (nSPS) is 10.5. The van der Waals surface area contributed by atoms with Crippen LogP contribution < -0.4 is 16.4 Å². The Labute approximate surface area is 269 Å². The smallest absolute Gasteiger partial charge is 0.227 e. The standard InChI is InChI=1S/C34H35N7O.2ClH/c1-40-30-17-16-28(21-29(30)39-31(40)18-12-23-10-14-26(15-11-23)33(35)36)41(22-25-6-3-2-4-7-25)32(42)19-13-24-8-5-9-27(20-24)34(37)38;;/h2-11,14-17,20-21H,12-13,18-19,22H2,1H3,(H3,35,36)(H3,37,38);2*1H. The molecule has 0 aliphatic carbocycles. The van der Waals surface area contributed by atoms with Crippen LogP contribution in [0.4, 0.5) is 5.69 Å². The maximum atomic E-state index is 13.7. The first-order valence-corrected chi connectivity index (χ1v) is 13.9. The molecule has 0 aliphatic heterocycles. The number of carbonyl (C=O) groups excluding carboxylic acids is 1. The van der Waals surface area contributed by atoms with E-state index in [1.165, 1.54) is 0 Å². The van der Waals surface area contributed by atoms with Crippen LogP contribution in [0, 0.1) is 10.8 Å². The predicted octanol–water partition coefficient (Wildman–Crippen LogP) is 5.94. The summed E-state index contributed by atoms with van der Waals surface area (Å²) in [4.78, 5) is 20.5. The number of halogens is 2. The van der Waals surface area contributed by atoms with Gasteiger partial charge in [0, 0.05) is 36.7 Å². The van der Waals surface area contributed by atoms with Crippen LogP contribution in [0.3, 0.4) is 0 Å². The largest absolute Gasteiger partial charge is 0.384 e. The number of rotatable bonds is 11. The predicted molar refractivity (Wildman–Crippen MR) is 183 cm³/mol. The molecule has 0 fully saturated rings. The van der Waals surface area contributed by atoms with Gasteiger partial charge in [0.15, 0.2) is 0 Å². The molecule has 0 unspecified atom stereocenters. The molecular weight excluding hydrogens is 593 g/mol. The van der Waals surface area contributed by atoms with E-state index in [2.05, 4.69) is 4.57 Å². The van der Waals surface area contributed by atoms with Crippen LogP contribution >= 0.6 is 24.8 Å². The van der Waals surface area contributed by atoms with Gasteiger partial charge in [0.25, 0.3) is 0 Å². The summed E-state index contributed by atoms with van der Waals surface area (Å²) in [6.45, 7) is 0.453. The maximum absolute atomic E-state index is 13.7. The fourth-order valence-corrected chi connectivity index (χ4v) is 5.11. The molecule has 0 aliphatic rings. The molecule has 6 N–H and O–H groups in total. The second-order valence-electron chi connectivity index (χ2n) is 10.5. The SMILES string of the molecule is Cl.Cl.Cn1c(CCc2ccc(C(=N)N)cc2)nc2cc(N(Cc3ccccc3)C(=O)CCc3cccc(C(=N)N)c3)ccc21. The lowest BCUT2D eigenvalue weighted by molar-refractivity contribution is -0.118. The quantitative estimate of drug-likeness (QED) is 0.106. The highest BCUT2D eigenvalue weighted by Crippen LogP contribution is 2.26. The van der Waals surface area contributed by atoms with Crippen LogP contribution in [0.5, 0.6) is 0 Å². The van der Waals surface area contributed by atoms with Gasteiger partial charge < -0.3 is 20.9 Å². The zero-order valence-electron chi connectivity index (χ0n) is 24.5. The molecule has 0 saturated heterocycles. The molecule has 0 spiro atoms. The van der Waals surface area contributed by atoms with Gasteiger partial charge in [-0.3, -0.25) is 15.6 Å². The molecule has 1 amide bonds. The third-order valence-corrected chi connectivity index (χ3v) is 7.52. The Morgan fingerprint density at radius 1 is 0.750 bits per heavy atom. The number of aryl methyl sites for hydroxylation is 4. The van der Waals surface area contributed by atoms with E-state index < -0.39 is 0 Å². The van der Waals surface area contributed by atoms with Gasteiger partial charge >= 0.3 is 0 Å². The Hall–Kier alpha value is -4.66. The van der Waals surface area contributed by atoms with Gasteiger partial charge in [-0.1, -0.05) is 72.8 Å². The van der Waals surface area contributed by atoms with E-state index in [-0.39, 0.29) is 42.4 Å². The Morgan fingerprint density at radius 2 is 1.43 bits per heavy atom. The number of hydrogen-bond acceptors (Lipinski definition) is 4. The van der Waals surface area contributed by atoms with Gasteiger partial charge in [0.2, 0.25) is 5.91 Å². The van der Waals surface area contributed by atoms with Gasteiger partial charge in [-0.15, -0.1) is 24.8 Å². The second kappa shape index (κ2) is 15.2. The van der Waals surface area contributed by atoms with Crippen LogP contribution in [0.1, 0.15) is 40.1 Å². The van der Waals surface area contributed by atoms with E-state index in [1.54, 1.807) is 6.07 Å². The number of anilines is 1. The zero-order chi connectivity index (χ0) is 29.6. The summed E-state index contributed by atoms with van der Waals surface area (Å²) in [6, 6.07) is 31.2. The fourth-order valence-electron chi connectivity index (χ4n) is 5.11. The first kappa shape index (κ1) is 33.8. The summed E-state index contributed by atoms with van der Waals surface area (Å²) in [5, 5.41) is 15.3. The van der Waals surface area contributed by atoms with Crippen molar-refractivity contribution in [1.29, 1.82) is 10.8 Å². The van der Waals surface area contributed by atoms with Crippen molar-refractivity contribution in [2.24, 2.45) is 18.5 Å². The Bertz CT molecular complexity index is 1750. The summed E-state index contributed by atoms with van der Waals surface area (Å²) in [6.07, 6.45) is 2.44. The van der Waals surface area contributed by atoms with E-state index >= 15 is 0 Å². The highest BCUT2D eigenvalue weighted by molar-refractivity contribution is 5.96. The number of hydrogen-bond donors (Lipinski definition) is 4. The number of benzene rings is 4. The first-order valence-electron chi connectivity index (χ1n) is 13.9. The third-order valence-electron chi connectivity index (χ3n) is 7.52. The minimum absolute atomic E-state index is 0. The molecule has 44 heavy (non-hydrogen) atoms. The molecule has 0 radical (unpaired) electrons. The monoisotopic (exact) mass is 629 g/mol. The number of nitrogens with two attached hydrogens (primary N) is 2. The van der Waals surface area contributed by atoms with Crippen molar-refractivity contribution in [2.75, 3.05) is 4.90 Å². The molecule has 10 heteroatoms. The zero-order valence-corrected chi connectivity index (χ0v) is 26.1. The lowest BCUT2D eigenvalue weighted by atomic mass is 10.0. The van der Waals surface area contributed by atoms with Gasteiger partial charge in [-0.2, -0.15) is 0 Å². The van der Waals surface area contributed by atoms with Crippen molar-refractivity contribution in [3.8, 4) is 0 Å². The van der Waals surface area contributed by atoms with Crippen molar-refractivity contribution in [3.63, 3.8) is 0 Å². The highest BCUT2D eigenvalue weighted by atomic mass is 35.5. The van der Waals surface area contributed by atoms with Crippen molar-refractivity contribution >= 4 is 59.1 Å². The Balaban J connectivity index is 0.00000264. The van der Waals surface area contributed by atoms with Crippen LogP contribution in [0.25, 0.3) is 11.0 Å². The molecule has 5 rings (SSSR count). The topological polar surface area (TPSA) is 138 Å². The average molecular weight is 631 g/mol. The Kier molecular flexibility index (Phi) is 11.7. The lowest BCUT2D eigenvalue weighted by Crippen LogP contribution is -2.30. The third kappa shape index (κ3) is 8.03. The maximum Gasteiger partial charge on any atom is 0.227 e. The molecule has 0 bridgehead atoms. The molecule has 228 valence electrons. The first-order chi connectivity index (χ1) is 20.3. The van der Waals surface area contributed by atoms with E-state index in [0.29, 0.717) is 30.5 Å². The number of nitrogens with zero attached hydrogens (tertiary/aromatic N) is 3. The number of carbonyl (C=O) groups is 1. The number of aromatic nitrogens is 2. The summed E-state index contributed by atoms with van der Waals surface area (Å²) >= 11 is 0. The minimum atomic E-state index is 0. The minimum Gasteiger partial charge on any atom is -0.384 e. The van der Waals surface area contributed by atoms with Crippen molar-refractivity contribution < 1.29 is 4.79 Å². The average Bonchev–Trinajstić information content (AvgIpc) is 3.32. The number of nitrogens with one attached hydrogen (secondary N) is 2. The summed E-state index contributed by atoms with van der Waals surface area (Å²) in [7, 11) is 2.02. The number of nitrogen functional groups attached to an aromatic ring is 2. The molecule has 0 saturated carbocycles. The second-order valence-corrected chi connectivity index (χ2v) is 10.5. The molecular formula is C34H37Cl2N7O. The van der Waals surface area contributed by atoms with Crippen molar-refractivity contribution in [1.82, 2.24) is 9.55 Å². The lowest BCUT2D eigenvalue weighted by Gasteiger charge is -2.23. The fraction of sp³-hybridized carbons (Fsp3) is 0.176. The van der Waals surface area contributed by atoms with Crippen LogP contribution in [-0.2, 0) is 37.6 Å². The number of amidine groups is 2. The van der Waals surface area contributed by atoms with Crippen LogP contribution in [-0.4, -0.2) is 27.1 Å². The highest BCUT2D eigenvalue weighted by Gasteiger charge is 2.19. The van der Waals surface area contributed by atoms with Crippen LogP contribution in [0.2, 0.25) is 0 Å². The van der Waals surface area contributed by atoms with Crippen molar-refractivity contribution in [2.45, 2.75) is 32.2 Å². The van der Waals surface area contributed by atoms with Gasteiger partial charge in [-0.05, 0) is 53.8 Å². The number of fused-ring (bicyclic) bond motifs is 1. The molecule has 5 aromatic rings. The number of imidazole rings is 1. The summed E-state index contributed by atoms with van der Waals surface area (Å²) in [5.74, 6) is 1.05. The molecule has 1 heterocycles. The molecule has 4 aromatic carbocycles. The van der Waals surface area contributed by atoms with Gasteiger partial charge in [0.05, 0.1) is 17.6 Å². The van der Waals surface area contributed by atoms with Gasteiger partial charge in [0.1, 0.15) is 17.5 Å². The van der Waals surface area contributed by atoms with E-state index in [0.717, 1.165) is 52.1 Å².